The van der Waals surface area contributed by atoms with E-state index in [1.54, 1.807) is 29.8 Å². The second-order valence-corrected chi connectivity index (χ2v) is 8.10. The van der Waals surface area contributed by atoms with Crippen molar-refractivity contribution in [2.45, 2.75) is 13.8 Å². The molecule has 26 heavy (non-hydrogen) atoms. The van der Waals surface area contributed by atoms with Crippen LogP contribution in [-0.4, -0.2) is 9.97 Å². The van der Waals surface area contributed by atoms with Crippen molar-refractivity contribution in [3.8, 4) is 11.1 Å². The molecule has 0 saturated heterocycles. The Morgan fingerprint density at radius 2 is 1.73 bits per heavy atom. The van der Waals surface area contributed by atoms with Crippen molar-refractivity contribution in [3.05, 3.63) is 69.3 Å². The molecular formula is C20H15Cl2N3S. The standard InChI is InChI=1S/C20H15Cl2N3S/c1-11-3-5-13(6-4-11)17-12(2)26-20-18(17)19(23-10-24-20)25-16-8-7-14(21)9-15(16)22/h3-10H,1-2H3,(H,23,24,25). The van der Waals surface area contributed by atoms with E-state index in [1.807, 2.05) is 6.07 Å². The summed E-state index contributed by atoms with van der Waals surface area (Å²) < 4.78 is 0. The third-order valence-corrected chi connectivity index (χ3v) is 5.75. The van der Waals surface area contributed by atoms with Crippen molar-refractivity contribution in [1.29, 1.82) is 0 Å². The molecule has 0 amide bonds. The van der Waals surface area contributed by atoms with Crippen LogP contribution in [0, 0.1) is 13.8 Å². The zero-order chi connectivity index (χ0) is 18.3. The van der Waals surface area contributed by atoms with E-state index < -0.39 is 0 Å². The fraction of sp³-hybridized carbons (Fsp3) is 0.100. The molecule has 4 aromatic rings. The molecule has 130 valence electrons. The molecular weight excluding hydrogens is 385 g/mol. The van der Waals surface area contributed by atoms with Crippen molar-refractivity contribution < 1.29 is 0 Å². The van der Waals surface area contributed by atoms with E-state index in [-0.39, 0.29) is 0 Å². The van der Waals surface area contributed by atoms with Crippen LogP contribution in [0.4, 0.5) is 11.5 Å². The lowest BCUT2D eigenvalue weighted by Gasteiger charge is -2.11. The van der Waals surface area contributed by atoms with Crippen LogP contribution in [0.5, 0.6) is 0 Å². The maximum Gasteiger partial charge on any atom is 0.143 e. The zero-order valence-corrected chi connectivity index (χ0v) is 16.5. The summed E-state index contributed by atoms with van der Waals surface area (Å²) in [6.07, 6.45) is 1.57. The summed E-state index contributed by atoms with van der Waals surface area (Å²) >= 11 is 14.0. The third kappa shape index (κ3) is 3.16. The predicted molar refractivity (Wildman–Crippen MR) is 112 cm³/mol. The Morgan fingerprint density at radius 3 is 2.46 bits per heavy atom. The molecule has 1 N–H and O–H groups in total. The number of benzene rings is 2. The highest BCUT2D eigenvalue weighted by Crippen LogP contribution is 2.41. The van der Waals surface area contributed by atoms with Gasteiger partial charge in [0.05, 0.1) is 16.1 Å². The molecule has 0 unspecified atom stereocenters. The van der Waals surface area contributed by atoms with Crippen LogP contribution >= 0.6 is 34.5 Å². The van der Waals surface area contributed by atoms with Crippen molar-refractivity contribution in [3.63, 3.8) is 0 Å². The van der Waals surface area contributed by atoms with E-state index in [4.69, 9.17) is 23.2 Å². The van der Waals surface area contributed by atoms with E-state index in [9.17, 15) is 0 Å². The first kappa shape index (κ1) is 17.3. The summed E-state index contributed by atoms with van der Waals surface area (Å²) in [5.41, 5.74) is 4.29. The van der Waals surface area contributed by atoms with Crippen LogP contribution < -0.4 is 5.32 Å². The molecule has 0 bridgehead atoms. The molecule has 0 aliphatic rings. The Morgan fingerprint density at radius 1 is 0.962 bits per heavy atom. The van der Waals surface area contributed by atoms with E-state index in [0.29, 0.717) is 10.0 Å². The first-order valence-electron chi connectivity index (χ1n) is 8.06. The minimum atomic E-state index is 0.549. The van der Waals surface area contributed by atoms with Crippen LogP contribution in [-0.2, 0) is 0 Å². The van der Waals surface area contributed by atoms with Gasteiger partial charge in [0.25, 0.3) is 0 Å². The van der Waals surface area contributed by atoms with Crippen molar-refractivity contribution in [1.82, 2.24) is 9.97 Å². The van der Waals surface area contributed by atoms with Crippen LogP contribution in [0.15, 0.2) is 48.8 Å². The Hall–Kier alpha value is -2.14. The van der Waals surface area contributed by atoms with Gasteiger partial charge in [-0.3, -0.25) is 0 Å². The minimum Gasteiger partial charge on any atom is -0.338 e. The van der Waals surface area contributed by atoms with E-state index >= 15 is 0 Å². The SMILES string of the molecule is Cc1ccc(-c2c(C)sc3ncnc(Nc4ccc(Cl)cc4Cl)c23)cc1. The number of nitrogens with one attached hydrogen (secondary N) is 1. The van der Waals surface area contributed by atoms with Gasteiger partial charge in [-0.2, -0.15) is 0 Å². The lowest BCUT2D eigenvalue weighted by atomic mass is 10.0. The average molecular weight is 400 g/mol. The minimum absolute atomic E-state index is 0.549. The molecule has 2 aromatic heterocycles. The predicted octanol–water partition coefficient (Wildman–Crippen LogP) is 7.03. The maximum absolute atomic E-state index is 6.32. The van der Waals surface area contributed by atoms with Crippen LogP contribution in [0.1, 0.15) is 10.4 Å². The van der Waals surface area contributed by atoms with Crippen LogP contribution in [0.2, 0.25) is 10.0 Å². The molecule has 4 rings (SSSR count). The molecule has 0 aliphatic carbocycles. The molecule has 0 spiro atoms. The molecule has 0 saturated carbocycles. The van der Waals surface area contributed by atoms with Crippen molar-refractivity contribution in [2.24, 2.45) is 0 Å². The first-order chi connectivity index (χ1) is 12.5. The second-order valence-electron chi connectivity index (χ2n) is 6.05. The fourth-order valence-electron chi connectivity index (χ4n) is 2.93. The van der Waals surface area contributed by atoms with Gasteiger partial charge >= 0.3 is 0 Å². The Labute approximate surface area is 165 Å². The Balaban J connectivity index is 1.89. The Kier molecular flexibility index (Phi) is 4.57. The zero-order valence-electron chi connectivity index (χ0n) is 14.2. The molecule has 3 nitrogen and oxygen atoms in total. The number of hydrogen-bond acceptors (Lipinski definition) is 4. The van der Waals surface area contributed by atoms with Crippen LogP contribution in [0.3, 0.4) is 0 Å². The summed E-state index contributed by atoms with van der Waals surface area (Å²) in [4.78, 5) is 11.1. The van der Waals surface area contributed by atoms with Crippen LogP contribution in [0.25, 0.3) is 21.3 Å². The largest absolute Gasteiger partial charge is 0.338 e. The third-order valence-electron chi connectivity index (χ3n) is 4.19. The number of thiophene rings is 1. The normalized spacial score (nSPS) is 11.1. The maximum atomic E-state index is 6.32. The number of aryl methyl sites for hydroxylation is 2. The summed E-state index contributed by atoms with van der Waals surface area (Å²) in [7, 11) is 0. The van der Waals surface area contributed by atoms with Gasteiger partial charge in [0, 0.05) is 15.5 Å². The van der Waals surface area contributed by atoms with Gasteiger partial charge in [-0.1, -0.05) is 53.0 Å². The molecule has 2 heterocycles. The number of halogens is 2. The monoisotopic (exact) mass is 399 g/mol. The molecule has 0 radical (unpaired) electrons. The highest BCUT2D eigenvalue weighted by Gasteiger charge is 2.17. The fourth-order valence-corrected chi connectivity index (χ4v) is 4.39. The van der Waals surface area contributed by atoms with E-state index in [2.05, 4.69) is 53.4 Å². The quantitative estimate of drug-likeness (QED) is 0.401. The highest BCUT2D eigenvalue weighted by molar-refractivity contribution is 7.19. The van der Waals surface area contributed by atoms with Gasteiger partial charge < -0.3 is 5.32 Å². The molecule has 0 atom stereocenters. The smallest absolute Gasteiger partial charge is 0.143 e. The first-order valence-corrected chi connectivity index (χ1v) is 9.63. The number of rotatable bonds is 3. The highest BCUT2D eigenvalue weighted by atomic mass is 35.5. The Bertz CT molecular complexity index is 1100. The van der Waals surface area contributed by atoms with Gasteiger partial charge in [0.1, 0.15) is 17.0 Å². The summed E-state index contributed by atoms with van der Waals surface area (Å²) in [5, 5.41) is 5.49. The second kappa shape index (κ2) is 6.88. The molecule has 2 aromatic carbocycles. The lowest BCUT2D eigenvalue weighted by Crippen LogP contribution is -1.96. The summed E-state index contributed by atoms with van der Waals surface area (Å²) in [6, 6.07) is 13.9. The lowest BCUT2D eigenvalue weighted by molar-refractivity contribution is 1.23. The van der Waals surface area contributed by atoms with Crippen molar-refractivity contribution in [2.75, 3.05) is 5.32 Å². The topological polar surface area (TPSA) is 37.8 Å². The molecule has 6 heteroatoms. The van der Waals surface area contributed by atoms with Gasteiger partial charge in [0.2, 0.25) is 0 Å². The number of anilines is 2. The van der Waals surface area contributed by atoms with Crippen molar-refractivity contribution >= 4 is 56.3 Å². The van der Waals surface area contributed by atoms with E-state index in [0.717, 1.165) is 32.8 Å². The van der Waals surface area contributed by atoms with E-state index in [1.165, 1.54) is 10.4 Å². The van der Waals surface area contributed by atoms with Gasteiger partial charge in [-0.25, -0.2) is 9.97 Å². The van der Waals surface area contributed by atoms with Gasteiger partial charge in [-0.05, 0) is 37.6 Å². The molecule has 0 aliphatic heterocycles. The summed E-state index contributed by atoms with van der Waals surface area (Å²) in [5.74, 6) is 0.735. The average Bonchev–Trinajstić information content (AvgIpc) is 2.95. The molecule has 0 fully saturated rings. The number of hydrogen-bond donors (Lipinski definition) is 1. The number of aromatic nitrogens is 2. The summed E-state index contributed by atoms with van der Waals surface area (Å²) in [6.45, 7) is 4.20. The van der Waals surface area contributed by atoms with Gasteiger partial charge in [-0.15, -0.1) is 11.3 Å². The number of fused-ring (bicyclic) bond motifs is 1. The number of nitrogens with zero attached hydrogens (tertiary/aromatic N) is 2. The van der Waals surface area contributed by atoms with Gasteiger partial charge in [0.15, 0.2) is 0 Å².